The van der Waals surface area contributed by atoms with Gasteiger partial charge in [-0.1, -0.05) is 36.4 Å². The molecule has 0 aromatic heterocycles. The van der Waals surface area contributed by atoms with Crippen LogP contribution < -0.4 is 11.1 Å². The maximum absolute atomic E-state index is 13.1. The normalized spacial score (nSPS) is 11.8. The largest absolute Gasteiger partial charge is 0.374 e. The first-order valence-electron chi connectivity index (χ1n) is 6.50. The minimum Gasteiger partial charge on any atom is -0.374 e. The van der Waals surface area contributed by atoms with Gasteiger partial charge in [0.2, 0.25) is 5.91 Å². The van der Waals surface area contributed by atoms with Crippen LogP contribution in [-0.2, 0) is 11.2 Å². The van der Waals surface area contributed by atoms with Gasteiger partial charge in [-0.25, -0.2) is 4.39 Å². The Labute approximate surface area is 117 Å². The molecule has 0 heterocycles. The number of benzene rings is 2. The van der Waals surface area contributed by atoms with Crippen molar-refractivity contribution < 1.29 is 9.18 Å². The number of nitrogens with one attached hydrogen (secondary N) is 1. The van der Waals surface area contributed by atoms with Crippen molar-refractivity contribution >= 4 is 11.6 Å². The standard InChI is InChI=1S/C16H17FN2O/c17-13-7-4-8-14(11-13)19-15(16(18)20)10-9-12-5-2-1-3-6-12/h1-8,11,15,19H,9-10H2,(H2,18,20). The number of aryl methyl sites for hydroxylation is 1. The fourth-order valence-electron chi connectivity index (χ4n) is 2.02. The smallest absolute Gasteiger partial charge is 0.239 e. The number of rotatable bonds is 6. The highest BCUT2D eigenvalue weighted by atomic mass is 19.1. The molecule has 0 fully saturated rings. The first-order valence-corrected chi connectivity index (χ1v) is 6.50. The Balaban J connectivity index is 1.99. The lowest BCUT2D eigenvalue weighted by Gasteiger charge is -2.16. The van der Waals surface area contributed by atoms with E-state index >= 15 is 0 Å². The highest BCUT2D eigenvalue weighted by Crippen LogP contribution is 2.13. The van der Waals surface area contributed by atoms with E-state index in [2.05, 4.69) is 5.32 Å². The zero-order chi connectivity index (χ0) is 14.4. The molecule has 3 nitrogen and oxygen atoms in total. The molecule has 2 rings (SSSR count). The van der Waals surface area contributed by atoms with Crippen LogP contribution in [0.4, 0.5) is 10.1 Å². The second kappa shape index (κ2) is 6.70. The van der Waals surface area contributed by atoms with E-state index in [0.717, 1.165) is 12.0 Å². The molecule has 104 valence electrons. The summed E-state index contributed by atoms with van der Waals surface area (Å²) in [6.07, 6.45) is 1.30. The molecule has 2 aromatic rings. The number of hydrogen-bond donors (Lipinski definition) is 2. The molecule has 0 bridgehead atoms. The Kier molecular flexibility index (Phi) is 4.71. The molecule has 1 atom stereocenters. The molecule has 0 saturated carbocycles. The van der Waals surface area contributed by atoms with Crippen molar-refractivity contribution in [2.75, 3.05) is 5.32 Å². The molecule has 1 amide bonds. The number of carbonyl (C=O) groups is 1. The fourth-order valence-corrected chi connectivity index (χ4v) is 2.02. The number of primary amides is 1. The van der Waals surface area contributed by atoms with E-state index in [1.807, 2.05) is 30.3 Å². The Hall–Kier alpha value is -2.36. The van der Waals surface area contributed by atoms with Crippen molar-refractivity contribution in [2.45, 2.75) is 18.9 Å². The zero-order valence-electron chi connectivity index (χ0n) is 11.1. The number of amides is 1. The molecule has 4 heteroatoms. The third kappa shape index (κ3) is 4.09. The lowest BCUT2D eigenvalue weighted by Crippen LogP contribution is -2.35. The zero-order valence-corrected chi connectivity index (χ0v) is 11.1. The Morgan fingerprint density at radius 1 is 1.15 bits per heavy atom. The highest BCUT2D eigenvalue weighted by Gasteiger charge is 2.15. The minimum atomic E-state index is -0.517. The third-order valence-corrected chi connectivity index (χ3v) is 3.07. The van der Waals surface area contributed by atoms with Gasteiger partial charge in [-0.15, -0.1) is 0 Å². The molecule has 0 aliphatic rings. The summed E-state index contributed by atoms with van der Waals surface area (Å²) in [7, 11) is 0. The summed E-state index contributed by atoms with van der Waals surface area (Å²) in [5, 5.41) is 2.97. The molecule has 0 spiro atoms. The van der Waals surface area contributed by atoms with Gasteiger partial charge in [-0.05, 0) is 36.6 Å². The van der Waals surface area contributed by atoms with Gasteiger partial charge in [0.25, 0.3) is 0 Å². The van der Waals surface area contributed by atoms with Gasteiger partial charge in [-0.3, -0.25) is 4.79 Å². The average molecular weight is 272 g/mol. The second-order valence-electron chi connectivity index (χ2n) is 4.63. The number of anilines is 1. The van der Waals surface area contributed by atoms with Gasteiger partial charge < -0.3 is 11.1 Å². The van der Waals surface area contributed by atoms with Crippen LogP contribution in [0, 0.1) is 5.82 Å². The summed E-state index contributed by atoms with van der Waals surface area (Å²) in [5.74, 6) is -0.786. The number of carbonyl (C=O) groups excluding carboxylic acids is 1. The van der Waals surface area contributed by atoms with Gasteiger partial charge >= 0.3 is 0 Å². The average Bonchev–Trinajstić information content (AvgIpc) is 2.44. The van der Waals surface area contributed by atoms with Crippen LogP contribution in [0.2, 0.25) is 0 Å². The summed E-state index contributed by atoms with van der Waals surface area (Å²) < 4.78 is 13.1. The van der Waals surface area contributed by atoms with Crippen molar-refractivity contribution in [1.82, 2.24) is 0 Å². The van der Waals surface area contributed by atoms with Crippen LogP contribution >= 0.6 is 0 Å². The predicted molar refractivity (Wildman–Crippen MR) is 77.8 cm³/mol. The molecule has 0 saturated heterocycles. The monoisotopic (exact) mass is 272 g/mol. The second-order valence-corrected chi connectivity index (χ2v) is 4.63. The van der Waals surface area contributed by atoms with Gasteiger partial charge in [0, 0.05) is 5.69 Å². The molecule has 1 unspecified atom stereocenters. The molecular formula is C16H17FN2O. The highest BCUT2D eigenvalue weighted by molar-refractivity contribution is 5.82. The van der Waals surface area contributed by atoms with Gasteiger partial charge in [0.1, 0.15) is 11.9 Å². The maximum Gasteiger partial charge on any atom is 0.239 e. The SMILES string of the molecule is NC(=O)C(CCc1ccccc1)Nc1cccc(F)c1. The minimum absolute atomic E-state index is 0.346. The summed E-state index contributed by atoms with van der Waals surface area (Å²) in [6.45, 7) is 0. The van der Waals surface area contributed by atoms with Crippen molar-refractivity contribution in [3.05, 3.63) is 66.0 Å². The molecule has 0 aliphatic carbocycles. The molecule has 0 radical (unpaired) electrons. The van der Waals surface area contributed by atoms with E-state index in [-0.39, 0.29) is 5.82 Å². The van der Waals surface area contributed by atoms with Crippen molar-refractivity contribution in [3.8, 4) is 0 Å². The van der Waals surface area contributed by atoms with Gasteiger partial charge in [-0.2, -0.15) is 0 Å². The van der Waals surface area contributed by atoms with Crippen LogP contribution in [-0.4, -0.2) is 11.9 Å². The van der Waals surface area contributed by atoms with E-state index in [1.54, 1.807) is 12.1 Å². The lowest BCUT2D eigenvalue weighted by atomic mass is 10.0. The summed E-state index contributed by atoms with van der Waals surface area (Å²) in [6, 6.07) is 15.3. The Morgan fingerprint density at radius 3 is 2.55 bits per heavy atom. The molecule has 3 N–H and O–H groups in total. The number of hydrogen-bond acceptors (Lipinski definition) is 2. The van der Waals surface area contributed by atoms with E-state index < -0.39 is 11.9 Å². The number of halogens is 1. The third-order valence-electron chi connectivity index (χ3n) is 3.07. The predicted octanol–water partition coefficient (Wildman–Crippen LogP) is 2.72. The fraction of sp³-hybridized carbons (Fsp3) is 0.188. The maximum atomic E-state index is 13.1. The summed E-state index contributed by atoms with van der Waals surface area (Å²) >= 11 is 0. The lowest BCUT2D eigenvalue weighted by molar-refractivity contribution is -0.118. The van der Waals surface area contributed by atoms with Crippen molar-refractivity contribution in [1.29, 1.82) is 0 Å². The van der Waals surface area contributed by atoms with E-state index in [9.17, 15) is 9.18 Å². The van der Waals surface area contributed by atoms with E-state index in [0.29, 0.717) is 12.1 Å². The van der Waals surface area contributed by atoms with E-state index in [4.69, 9.17) is 5.73 Å². The topological polar surface area (TPSA) is 55.1 Å². The molecule has 2 aromatic carbocycles. The van der Waals surface area contributed by atoms with Gasteiger partial charge in [0.15, 0.2) is 0 Å². The molecule has 20 heavy (non-hydrogen) atoms. The molecule has 0 aliphatic heterocycles. The first-order chi connectivity index (χ1) is 9.65. The molecular weight excluding hydrogens is 255 g/mol. The van der Waals surface area contributed by atoms with Crippen LogP contribution in [0.1, 0.15) is 12.0 Å². The summed E-state index contributed by atoms with van der Waals surface area (Å²) in [4.78, 5) is 11.5. The quantitative estimate of drug-likeness (QED) is 0.849. The van der Waals surface area contributed by atoms with Crippen LogP contribution in [0.5, 0.6) is 0 Å². The number of nitrogens with two attached hydrogens (primary N) is 1. The van der Waals surface area contributed by atoms with E-state index in [1.165, 1.54) is 12.1 Å². The van der Waals surface area contributed by atoms with Crippen LogP contribution in [0.25, 0.3) is 0 Å². The first kappa shape index (κ1) is 14.1. The van der Waals surface area contributed by atoms with Crippen molar-refractivity contribution in [2.24, 2.45) is 5.73 Å². The van der Waals surface area contributed by atoms with Crippen LogP contribution in [0.15, 0.2) is 54.6 Å². The van der Waals surface area contributed by atoms with Crippen molar-refractivity contribution in [3.63, 3.8) is 0 Å². The van der Waals surface area contributed by atoms with Gasteiger partial charge in [0.05, 0.1) is 0 Å². The van der Waals surface area contributed by atoms with Crippen LogP contribution in [0.3, 0.4) is 0 Å². The Bertz CT molecular complexity index is 572. The Morgan fingerprint density at radius 2 is 1.90 bits per heavy atom. The summed E-state index contributed by atoms with van der Waals surface area (Å²) in [5.41, 5.74) is 7.09.